The summed E-state index contributed by atoms with van der Waals surface area (Å²) in [5.41, 5.74) is 4.36. The highest BCUT2D eigenvalue weighted by Crippen LogP contribution is 2.21. The molecule has 2 aromatic carbocycles. The van der Waals surface area contributed by atoms with Gasteiger partial charge in [0.25, 0.3) is 10.0 Å². The molecule has 0 fully saturated rings. The van der Waals surface area contributed by atoms with Crippen LogP contribution in [0.3, 0.4) is 0 Å². The minimum Gasteiger partial charge on any atom is -0.340 e. The smallest absolute Gasteiger partial charge is 0.262 e. The Balaban J connectivity index is 1.73. The molecule has 0 amide bonds. The van der Waals surface area contributed by atoms with Gasteiger partial charge in [0.2, 0.25) is 0 Å². The third-order valence-corrected chi connectivity index (χ3v) is 5.81. The molecule has 5 nitrogen and oxygen atoms in total. The first-order valence-electron chi connectivity index (χ1n) is 8.79. The van der Waals surface area contributed by atoms with Gasteiger partial charge in [-0.1, -0.05) is 36.8 Å². The van der Waals surface area contributed by atoms with Crippen molar-refractivity contribution < 1.29 is 8.42 Å². The molecule has 0 bridgehead atoms. The van der Waals surface area contributed by atoms with Crippen LogP contribution in [0.4, 0.5) is 17.2 Å². The molecular weight excluding hydrogens is 358 g/mol. The standard InChI is InChI=1S/C21H23N3O2S/c1-4-17-6-8-18(9-7-17)23-21-12-10-19(14-22-21)24-27(25,26)20-11-5-15(2)13-16(20)3/h5-14,24H,4H2,1-3H3,(H,22,23). The van der Waals surface area contributed by atoms with Gasteiger partial charge in [0.15, 0.2) is 0 Å². The van der Waals surface area contributed by atoms with Crippen molar-refractivity contribution in [1.29, 1.82) is 0 Å². The molecule has 3 rings (SSSR count). The van der Waals surface area contributed by atoms with Crippen LogP contribution < -0.4 is 10.0 Å². The summed E-state index contributed by atoms with van der Waals surface area (Å²) in [5, 5.41) is 3.20. The largest absolute Gasteiger partial charge is 0.340 e. The molecule has 0 aliphatic rings. The van der Waals surface area contributed by atoms with E-state index in [1.54, 1.807) is 31.2 Å². The van der Waals surface area contributed by atoms with Crippen molar-refractivity contribution >= 4 is 27.2 Å². The zero-order chi connectivity index (χ0) is 19.4. The molecule has 0 spiro atoms. The minimum absolute atomic E-state index is 0.270. The lowest BCUT2D eigenvalue weighted by Gasteiger charge is -2.11. The third-order valence-electron chi connectivity index (χ3n) is 4.27. The van der Waals surface area contributed by atoms with Gasteiger partial charge in [0, 0.05) is 5.69 Å². The van der Waals surface area contributed by atoms with Gasteiger partial charge in [-0.2, -0.15) is 0 Å². The molecule has 27 heavy (non-hydrogen) atoms. The van der Waals surface area contributed by atoms with Gasteiger partial charge >= 0.3 is 0 Å². The molecule has 2 N–H and O–H groups in total. The van der Waals surface area contributed by atoms with Crippen LogP contribution in [0.5, 0.6) is 0 Å². The second kappa shape index (κ2) is 7.80. The number of pyridine rings is 1. The molecule has 0 radical (unpaired) electrons. The molecule has 1 aromatic heterocycles. The van der Waals surface area contributed by atoms with Crippen LogP contribution in [0.15, 0.2) is 65.7 Å². The molecule has 0 atom stereocenters. The highest BCUT2D eigenvalue weighted by molar-refractivity contribution is 7.92. The van der Waals surface area contributed by atoms with E-state index in [0.29, 0.717) is 17.1 Å². The topological polar surface area (TPSA) is 71.1 Å². The Labute approximate surface area is 160 Å². The summed E-state index contributed by atoms with van der Waals surface area (Å²) in [6.07, 6.45) is 2.50. The van der Waals surface area contributed by atoms with E-state index in [0.717, 1.165) is 17.7 Å². The predicted molar refractivity (Wildman–Crippen MR) is 110 cm³/mol. The Hall–Kier alpha value is -2.86. The summed E-state index contributed by atoms with van der Waals surface area (Å²) in [4.78, 5) is 4.56. The summed E-state index contributed by atoms with van der Waals surface area (Å²) in [6, 6.07) is 16.8. The van der Waals surface area contributed by atoms with Crippen molar-refractivity contribution in [3.05, 3.63) is 77.5 Å². The first kappa shape index (κ1) is 18.9. The normalized spacial score (nSPS) is 11.2. The van der Waals surface area contributed by atoms with Gasteiger partial charge in [-0.3, -0.25) is 4.72 Å². The van der Waals surface area contributed by atoms with E-state index in [-0.39, 0.29) is 4.90 Å². The maximum Gasteiger partial charge on any atom is 0.262 e. The van der Waals surface area contributed by atoms with Crippen LogP contribution in [0.25, 0.3) is 0 Å². The molecule has 0 saturated heterocycles. The molecule has 1 heterocycles. The number of aromatic nitrogens is 1. The summed E-state index contributed by atoms with van der Waals surface area (Å²) >= 11 is 0. The van der Waals surface area contributed by atoms with E-state index in [4.69, 9.17) is 0 Å². The van der Waals surface area contributed by atoms with E-state index in [2.05, 4.69) is 34.1 Å². The molecule has 0 aliphatic carbocycles. The maximum atomic E-state index is 12.6. The molecule has 6 heteroatoms. The lowest BCUT2D eigenvalue weighted by molar-refractivity contribution is 0.600. The molecule has 3 aromatic rings. The van der Waals surface area contributed by atoms with Gasteiger partial charge in [-0.25, -0.2) is 13.4 Å². The number of hydrogen-bond acceptors (Lipinski definition) is 4. The fourth-order valence-electron chi connectivity index (χ4n) is 2.81. The van der Waals surface area contributed by atoms with Crippen LogP contribution >= 0.6 is 0 Å². The Bertz CT molecular complexity index is 1030. The van der Waals surface area contributed by atoms with Gasteiger partial charge in [0.05, 0.1) is 16.8 Å². The van der Waals surface area contributed by atoms with Crippen molar-refractivity contribution in [3.63, 3.8) is 0 Å². The van der Waals surface area contributed by atoms with Crippen LogP contribution in [-0.4, -0.2) is 13.4 Å². The van der Waals surface area contributed by atoms with Crippen molar-refractivity contribution in [2.75, 3.05) is 10.0 Å². The van der Waals surface area contributed by atoms with E-state index in [9.17, 15) is 8.42 Å². The van der Waals surface area contributed by atoms with Crippen LogP contribution in [-0.2, 0) is 16.4 Å². The second-order valence-electron chi connectivity index (χ2n) is 6.48. The number of aryl methyl sites for hydroxylation is 3. The summed E-state index contributed by atoms with van der Waals surface area (Å²) in [6.45, 7) is 5.83. The monoisotopic (exact) mass is 381 g/mol. The fraction of sp³-hybridized carbons (Fsp3) is 0.190. The van der Waals surface area contributed by atoms with Gasteiger partial charge in [-0.05, 0) is 61.7 Å². The summed E-state index contributed by atoms with van der Waals surface area (Å²) in [5.74, 6) is 0.647. The first-order chi connectivity index (χ1) is 12.9. The molecule has 0 unspecified atom stereocenters. The number of anilines is 3. The Kier molecular flexibility index (Phi) is 5.46. The van der Waals surface area contributed by atoms with E-state index in [1.165, 1.54) is 11.8 Å². The van der Waals surface area contributed by atoms with Crippen molar-refractivity contribution in [1.82, 2.24) is 4.98 Å². The number of nitrogens with zero attached hydrogens (tertiary/aromatic N) is 1. The van der Waals surface area contributed by atoms with Gasteiger partial charge < -0.3 is 5.32 Å². The number of rotatable bonds is 6. The van der Waals surface area contributed by atoms with Crippen molar-refractivity contribution in [3.8, 4) is 0 Å². The maximum absolute atomic E-state index is 12.6. The fourth-order valence-corrected chi connectivity index (χ4v) is 4.08. The summed E-state index contributed by atoms with van der Waals surface area (Å²) < 4.78 is 27.8. The number of hydrogen-bond donors (Lipinski definition) is 2. The molecular formula is C21H23N3O2S. The van der Waals surface area contributed by atoms with Crippen LogP contribution in [0.1, 0.15) is 23.6 Å². The summed E-state index contributed by atoms with van der Waals surface area (Å²) in [7, 11) is -3.65. The average molecular weight is 382 g/mol. The quantitative estimate of drug-likeness (QED) is 0.643. The average Bonchev–Trinajstić information content (AvgIpc) is 2.63. The predicted octanol–water partition coefficient (Wildman–Crippen LogP) is 4.81. The molecule has 140 valence electrons. The lowest BCUT2D eigenvalue weighted by atomic mass is 10.1. The number of nitrogens with one attached hydrogen (secondary N) is 2. The van der Waals surface area contributed by atoms with E-state index < -0.39 is 10.0 Å². The van der Waals surface area contributed by atoms with E-state index in [1.807, 2.05) is 25.1 Å². The number of sulfonamides is 1. The zero-order valence-electron chi connectivity index (χ0n) is 15.7. The Morgan fingerprint density at radius 1 is 0.926 bits per heavy atom. The first-order valence-corrected chi connectivity index (χ1v) is 10.3. The zero-order valence-corrected chi connectivity index (χ0v) is 16.5. The third kappa shape index (κ3) is 4.65. The SMILES string of the molecule is CCc1ccc(Nc2ccc(NS(=O)(=O)c3ccc(C)cc3C)cn2)cc1. The molecule has 0 aliphatic heterocycles. The minimum atomic E-state index is -3.65. The second-order valence-corrected chi connectivity index (χ2v) is 8.13. The van der Waals surface area contributed by atoms with E-state index >= 15 is 0 Å². The Morgan fingerprint density at radius 2 is 1.63 bits per heavy atom. The Morgan fingerprint density at radius 3 is 2.22 bits per heavy atom. The number of benzene rings is 2. The van der Waals surface area contributed by atoms with Crippen molar-refractivity contribution in [2.45, 2.75) is 32.1 Å². The lowest BCUT2D eigenvalue weighted by Crippen LogP contribution is -2.14. The van der Waals surface area contributed by atoms with Crippen LogP contribution in [0, 0.1) is 13.8 Å². The van der Waals surface area contributed by atoms with Crippen LogP contribution in [0.2, 0.25) is 0 Å². The van der Waals surface area contributed by atoms with Gasteiger partial charge in [0.1, 0.15) is 5.82 Å². The highest BCUT2D eigenvalue weighted by atomic mass is 32.2. The highest BCUT2D eigenvalue weighted by Gasteiger charge is 2.17. The molecule has 0 saturated carbocycles. The van der Waals surface area contributed by atoms with Crippen molar-refractivity contribution in [2.24, 2.45) is 0 Å². The van der Waals surface area contributed by atoms with Gasteiger partial charge in [-0.15, -0.1) is 0 Å².